The number of benzene rings is 18. The Kier molecular flexibility index (Phi) is 11.5. The predicted molar refractivity (Wildman–Crippen MR) is 418 cm³/mol. The van der Waals surface area contributed by atoms with Gasteiger partial charge < -0.3 is 0 Å². The third kappa shape index (κ3) is 7.80. The molecule has 95 heavy (non-hydrogen) atoms. The lowest BCUT2D eigenvalue weighted by molar-refractivity contribution is 1.64. The van der Waals surface area contributed by atoms with Crippen LogP contribution in [0.4, 0.5) is 0 Å². The van der Waals surface area contributed by atoms with Crippen molar-refractivity contribution in [3.63, 3.8) is 0 Å². The van der Waals surface area contributed by atoms with Gasteiger partial charge in [0.15, 0.2) is 0 Å². The van der Waals surface area contributed by atoms with Gasteiger partial charge in [0.05, 0.1) is 0 Å². The van der Waals surface area contributed by atoms with Crippen LogP contribution in [0.15, 0.2) is 315 Å². The van der Waals surface area contributed by atoms with Gasteiger partial charge in [0.2, 0.25) is 0 Å². The predicted octanol–water partition coefficient (Wildman–Crippen LogP) is 28.0. The highest BCUT2D eigenvalue weighted by Crippen LogP contribution is 2.54. The highest BCUT2D eigenvalue weighted by molar-refractivity contribution is 7.28. The molecule has 0 nitrogen and oxygen atoms in total. The fourth-order valence-corrected chi connectivity index (χ4v) is 20.3. The molecule has 0 aliphatic heterocycles. The van der Waals surface area contributed by atoms with Crippen molar-refractivity contribution in [3.05, 3.63) is 315 Å². The van der Waals surface area contributed by atoms with E-state index in [1.807, 2.05) is 34.0 Å². The average molecular weight is 1250 g/mol. The van der Waals surface area contributed by atoms with Crippen LogP contribution < -0.4 is 0 Å². The first-order valence-corrected chi connectivity index (χ1v) is 35.1. The van der Waals surface area contributed by atoms with Gasteiger partial charge in [-0.2, -0.15) is 0 Å². The maximum atomic E-state index is 2.54. The molecule has 438 valence electrons. The van der Waals surface area contributed by atoms with Gasteiger partial charge in [-0.3, -0.25) is 0 Å². The molecule has 0 atom stereocenters. The fourth-order valence-electron chi connectivity index (χ4n) is 16.5. The summed E-state index contributed by atoms with van der Waals surface area (Å²) in [5.41, 5.74) is 15.1. The molecule has 18 aromatic carbocycles. The standard InChI is InChI=1S/C92H52S3/c1-2-26-57-53(22-1)23-20-43-63(57)86-66-33-8-6-31-64(66)85(65-32-7-9-34-67(65)86)56-25-19-24-54(48-56)76-50-82-77-49-55(46-47-84(77)94-91(82)72-39-14-3-27-59(72)76)58-42-21-44-75-81-52-79(61-29-5-16-41-74(61)92(81)95-89(58)75)88-70-37-12-10-35-68(70)87(69-36-11-13-38-71(69)88)78-51-80-62-30-17-18-45-83(62)93-90(80)73-40-15-4-28-60(73)78/h1-52H. The molecule has 0 unspecified atom stereocenters. The maximum absolute atomic E-state index is 2.54. The summed E-state index contributed by atoms with van der Waals surface area (Å²) in [6.45, 7) is 0. The van der Waals surface area contributed by atoms with Crippen LogP contribution in [0.5, 0.6) is 0 Å². The SMILES string of the molecule is c1cc(-c2c3ccccc3c(-c3cccc4ccccc34)c3ccccc23)cc(-c2cc3c4cc(-c5cccc6c5sc5c7ccccc7c(-c7c8ccccc8c(-c8cc9c%10ccccc%10sc9c9ccccc89)c8ccccc78)cc65)ccc4sc3c3ccccc23)c1. The van der Waals surface area contributed by atoms with E-state index in [-0.39, 0.29) is 0 Å². The first-order valence-electron chi connectivity index (χ1n) is 32.7. The molecule has 0 spiro atoms. The highest BCUT2D eigenvalue weighted by atomic mass is 32.1. The lowest BCUT2D eigenvalue weighted by Gasteiger charge is -2.20. The molecule has 0 bridgehead atoms. The molecule has 3 aromatic heterocycles. The van der Waals surface area contributed by atoms with Crippen molar-refractivity contribution in [2.45, 2.75) is 0 Å². The normalized spacial score (nSPS) is 12.2. The average Bonchev–Trinajstić information content (AvgIpc) is 1.57. The first-order chi connectivity index (χ1) is 47.1. The highest BCUT2D eigenvalue weighted by Gasteiger charge is 2.25. The van der Waals surface area contributed by atoms with Crippen molar-refractivity contribution in [1.82, 2.24) is 0 Å². The second-order valence-electron chi connectivity index (χ2n) is 25.5. The zero-order valence-corrected chi connectivity index (χ0v) is 53.7. The second-order valence-corrected chi connectivity index (χ2v) is 28.6. The lowest BCUT2D eigenvalue weighted by atomic mass is 9.83. The Balaban J connectivity index is 0.731. The third-order valence-electron chi connectivity index (χ3n) is 20.6. The maximum Gasteiger partial charge on any atom is 0.0434 e. The molecule has 0 aliphatic carbocycles. The van der Waals surface area contributed by atoms with Crippen molar-refractivity contribution < 1.29 is 0 Å². The molecule has 3 heterocycles. The molecule has 0 fully saturated rings. The molecular weight excluding hydrogens is 1200 g/mol. The summed E-state index contributed by atoms with van der Waals surface area (Å²) >= 11 is 5.77. The van der Waals surface area contributed by atoms with Crippen molar-refractivity contribution in [1.29, 1.82) is 0 Å². The molecule has 0 N–H and O–H groups in total. The summed E-state index contributed by atoms with van der Waals surface area (Å²) < 4.78 is 7.92. The second kappa shape index (κ2) is 20.6. The minimum absolute atomic E-state index is 1.21. The topological polar surface area (TPSA) is 0 Å². The van der Waals surface area contributed by atoms with Crippen LogP contribution in [-0.4, -0.2) is 0 Å². The Labute approximate surface area is 558 Å². The van der Waals surface area contributed by atoms with E-state index in [1.54, 1.807) is 0 Å². The van der Waals surface area contributed by atoms with E-state index in [2.05, 4.69) is 315 Å². The summed E-state index contributed by atoms with van der Waals surface area (Å²) in [6, 6.07) is 119. The number of hydrogen-bond acceptors (Lipinski definition) is 3. The largest absolute Gasteiger partial charge is 0.135 e. The van der Waals surface area contributed by atoms with Crippen LogP contribution in [0, 0.1) is 0 Å². The van der Waals surface area contributed by atoms with Crippen molar-refractivity contribution in [2.75, 3.05) is 0 Å². The Morgan fingerprint density at radius 1 is 0.147 bits per heavy atom. The Morgan fingerprint density at radius 3 is 1.07 bits per heavy atom. The van der Waals surface area contributed by atoms with E-state index in [0.29, 0.717) is 0 Å². The zero-order chi connectivity index (χ0) is 62.0. The summed E-state index contributed by atoms with van der Waals surface area (Å²) in [4.78, 5) is 0. The van der Waals surface area contributed by atoms with Gasteiger partial charge in [-0.25, -0.2) is 0 Å². The summed E-state index contributed by atoms with van der Waals surface area (Å²) in [6.07, 6.45) is 0. The molecule has 0 amide bonds. The number of fused-ring (bicyclic) bond motifs is 20. The van der Waals surface area contributed by atoms with Gasteiger partial charge in [-0.05, 0) is 179 Å². The van der Waals surface area contributed by atoms with E-state index in [0.717, 1.165) is 0 Å². The number of rotatable bonds is 6. The van der Waals surface area contributed by atoms with Crippen molar-refractivity contribution >= 4 is 181 Å². The van der Waals surface area contributed by atoms with Crippen LogP contribution >= 0.6 is 34.0 Å². The zero-order valence-electron chi connectivity index (χ0n) is 51.2. The Hall–Kier alpha value is -11.3. The molecular formula is C92H52S3. The minimum Gasteiger partial charge on any atom is -0.135 e. The van der Waals surface area contributed by atoms with Crippen LogP contribution in [-0.2, 0) is 0 Å². The van der Waals surface area contributed by atoms with E-state index in [1.165, 1.54) is 213 Å². The van der Waals surface area contributed by atoms with Gasteiger partial charge in [0.1, 0.15) is 0 Å². The molecule has 0 saturated heterocycles. The quantitative estimate of drug-likeness (QED) is 0.146. The fraction of sp³-hybridized carbons (Fsp3) is 0. The monoisotopic (exact) mass is 1250 g/mol. The molecule has 3 heteroatoms. The summed E-state index contributed by atoms with van der Waals surface area (Å²) in [5.74, 6) is 0. The van der Waals surface area contributed by atoms with E-state index in [4.69, 9.17) is 0 Å². The molecule has 0 aliphatic rings. The van der Waals surface area contributed by atoms with Gasteiger partial charge >= 0.3 is 0 Å². The lowest BCUT2D eigenvalue weighted by Crippen LogP contribution is -1.92. The van der Waals surface area contributed by atoms with Gasteiger partial charge in [-0.15, -0.1) is 34.0 Å². The Morgan fingerprint density at radius 2 is 0.495 bits per heavy atom. The summed E-state index contributed by atoms with van der Waals surface area (Å²) in [5, 5.41) is 28.1. The molecule has 0 radical (unpaired) electrons. The number of hydrogen-bond donors (Lipinski definition) is 0. The van der Waals surface area contributed by atoms with E-state index < -0.39 is 0 Å². The third-order valence-corrected chi connectivity index (χ3v) is 24.3. The Bertz CT molecular complexity index is 6790. The van der Waals surface area contributed by atoms with Gasteiger partial charge in [0, 0.05) is 76.7 Å². The first kappa shape index (κ1) is 53.2. The minimum atomic E-state index is 1.21. The molecule has 21 rings (SSSR count). The van der Waals surface area contributed by atoms with E-state index in [9.17, 15) is 0 Å². The van der Waals surface area contributed by atoms with Crippen LogP contribution in [0.25, 0.3) is 213 Å². The smallest absolute Gasteiger partial charge is 0.0434 e. The van der Waals surface area contributed by atoms with Gasteiger partial charge in [0.25, 0.3) is 0 Å². The van der Waals surface area contributed by atoms with Crippen molar-refractivity contribution in [2.24, 2.45) is 0 Å². The molecule has 0 saturated carbocycles. The molecule has 21 aromatic rings. The van der Waals surface area contributed by atoms with Crippen LogP contribution in [0.2, 0.25) is 0 Å². The van der Waals surface area contributed by atoms with Gasteiger partial charge in [-0.1, -0.05) is 273 Å². The van der Waals surface area contributed by atoms with Crippen molar-refractivity contribution in [3.8, 4) is 66.8 Å². The van der Waals surface area contributed by atoms with Crippen LogP contribution in [0.3, 0.4) is 0 Å². The van der Waals surface area contributed by atoms with Crippen LogP contribution in [0.1, 0.15) is 0 Å². The van der Waals surface area contributed by atoms with E-state index >= 15 is 0 Å². The number of thiophene rings is 3. The summed E-state index contributed by atoms with van der Waals surface area (Å²) in [7, 11) is 0.